The van der Waals surface area contributed by atoms with Crippen molar-refractivity contribution in [3.63, 3.8) is 0 Å². The first-order valence-electron chi connectivity index (χ1n) is 7.46. The number of aryl methyl sites for hydroxylation is 2. The zero-order valence-electron chi connectivity index (χ0n) is 12.3. The monoisotopic (exact) mass is 284 g/mol. The normalized spacial score (nSPS) is 13.4. The lowest BCUT2D eigenvalue weighted by molar-refractivity contribution is 0.0945. The minimum Gasteiger partial charge on any atom is -0.492 e. The summed E-state index contributed by atoms with van der Waals surface area (Å²) in [5.74, 6) is 0.685. The van der Waals surface area contributed by atoms with Crippen LogP contribution in [-0.2, 0) is 19.5 Å². The number of carbonyl (C=O) groups is 1. The van der Waals surface area contributed by atoms with Gasteiger partial charge in [-0.15, -0.1) is 0 Å². The van der Waals surface area contributed by atoms with Gasteiger partial charge in [-0.1, -0.05) is 12.1 Å². The van der Waals surface area contributed by atoms with Crippen LogP contribution in [0.2, 0.25) is 0 Å². The fraction of sp³-hybridized carbons (Fsp3) is 0.353. The molecule has 4 heteroatoms. The van der Waals surface area contributed by atoms with Gasteiger partial charge in [0.1, 0.15) is 5.75 Å². The zero-order valence-corrected chi connectivity index (χ0v) is 12.3. The molecule has 1 aliphatic heterocycles. The van der Waals surface area contributed by atoms with Gasteiger partial charge in [0.15, 0.2) is 0 Å². The van der Waals surface area contributed by atoms with E-state index in [0.717, 1.165) is 36.4 Å². The first-order valence-corrected chi connectivity index (χ1v) is 7.46. The summed E-state index contributed by atoms with van der Waals surface area (Å²) >= 11 is 0. The van der Waals surface area contributed by atoms with Crippen LogP contribution in [0.1, 0.15) is 35.0 Å². The Labute approximate surface area is 124 Å². The van der Waals surface area contributed by atoms with Gasteiger partial charge in [0, 0.05) is 18.4 Å². The van der Waals surface area contributed by atoms with Gasteiger partial charge in [-0.25, -0.2) is 0 Å². The van der Waals surface area contributed by atoms with Crippen LogP contribution in [0.3, 0.4) is 0 Å². The van der Waals surface area contributed by atoms with Crippen molar-refractivity contribution in [2.24, 2.45) is 0 Å². The summed E-state index contributed by atoms with van der Waals surface area (Å²) in [4.78, 5) is 12.4. The van der Waals surface area contributed by atoms with E-state index in [1.165, 1.54) is 0 Å². The highest BCUT2D eigenvalue weighted by Crippen LogP contribution is 2.28. The molecule has 2 heterocycles. The number of nitrogens with zero attached hydrogens (tertiary/aromatic N) is 1. The summed E-state index contributed by atoms with van der Waals surface area (Å²) in [5.41, 5.74) is 2.88. The number of nitrogens with one attached hydrogen (secondary N) is 1. The Bertz CT molecular complexity index is 646. The first-order chi connectivity index (χ1) is 10.3. The molecule has 0 spiro atoms. The van der Waals surface area contributed by atoms with Gasteiger partial charge < -0.3 is 14.6 Å². The van der Waals surface area contributed by atoms with Gasteiger partial charge in [0.25, 0.3) is 5.91 Å². The van der Waals surface area contributed by atoms with Crippen molar-refractivity contribution in [2.75, 3.05) is 6.61 Å². The van der Waals surface area contributed by atoms with Crippen molar-refractivity contribution in [1.82, 2.24) is 9.88 Å². The van der Waals surface area contributed by atoms with Crippen LogP contribution in [0, 0.1) is 0 Å². The molecule has 3 rings (SSSR count). The van der Waals surface area contributed by atoms with Gasteiger partial charge in [-0.3, -0.25) is 4.79 Å². The molecule has 21 heavy (non-hydrogen) atoms. The Hall–Kier alpha value is -2.23. The standard InChI is InChI=1S/C17H20N2O2/c1-2-19-10-4-8-14(19)12-18-17(20)15-9-3-6-13-7-5-11-21-16(13)15/h3-4,6,8-10H,2,5,7,11-12H2,1H3,(H,18,20). The van der Waals surface area contributed by atoms with Crippen molar-refractivity contribution >= 4 is 5.91 Å². The smallest absolute Gasteiger partial charge is 0.255 e. The molecular formula is C17H20N2O2. The Kier molecular flexibility index (Phi) is 3.95. The van der Waals surface area contributed by atoms with E-state index < -0.39 is 0 Å². The number of benzene rings is 1. The molecule has 0 saturated carbocycles. The lowest BCUT2D eigenvalue weighted by atomic mass is 10.0. The second kappa shape index (κ2) is 6.04. The average Bonchev–Trinajstić information content (AvgIpc) is 2.99. The summed E-state index contributed by atoms with van der Waals surface area (Å²) in [6.07, 6.45) is 4.02. The molecule has 0 atom stereocenters. The number of fused-ring (bicyclic) bond motifs is 1. The Morgan fingerprint density at radius 1 is 1.33 bits per heavy atom. The highest BCUT2D eigenvalue weighted by Gasteiger charge is 2.18. The van der Waals surface area contributed by atoms with Crippen LogP contribution < -0.4 is 10.1 Å². The van der Waals surface area contributed by atoms with Gasteiger partial charge >= 0.3 is 0 Å². The van der Waals surface area contributed by atoms with Crippen molar-refractivity contribution in [3.05, 3.63) is 53.3 Å². The molecule has 1 aliphatic rings. The fourth-order valence-corrected chi connectivity index (χ4v) is 2.75. The molecule has 0 bridgehead atoms. The maximum Gasteiger partial charge on any atom is 0.255 e. The molecule has 1 amide bonds. The van der Waals surface area contributed by atoms with Crippen LogP contribution in [0.4, 0.5) is 0 Å². The fourth-order valence-electron chi connectivity index (χ4n) is 2.75. The largest absolute Gasteiger partial charge is 0.492 e. The van der Waals surface area contributed by atoms with Crippen LogP contribution in [0.15, 0.2) is 36.5 Å². The maximum atomic E-state index is 12.4. The van der Waals surface area contributed by atoms with Crippen LogP contribution in [-0.4, -0.2) is 17.1 Å². The van der Waals surface area contributed by atoms with E-state index in [4.69, 9.17) is 4.74 Å². The van der Waals surface area contributed by atoms with E-state index in [0.29, 0.717) is 18.7 Å². The van der Waals surface area contributed by atoms with E-state index in [1.54, 1.807) is 0 Å². The van der Waals surface area contributed by atoms with Gasteiger partial charge in [0.2, 0.25) is 0 Å². The van der Waals surface area contributed by atoms with Crippen LogP contribution in [0.5, 0.6) is 5.75 Å². The second-order valence-corrected chi connectivity index (χ2v) is 5.21. The number of ether oxygens (including phenoxy) is 1. The number of amides is 1. The van der Waals surface area contributed by atoms with Gasteiger partial charge in [0.05, 0.1) is 18.7 Å². The molecule has 0 unspecified atom stereocenters. The lowest BCUT2D eigenvalue weighted by Gasteiger charge is -2.20. The molecule has 0 aliphatic carbocycles. The van der Waals surface area contributed by atoms with Crippen molar-refractivity contribution in [2.45, 2.75) is 32.9 Å². The minimum absolute atomic E-state index is 0.0717. The predicted octanol–water partition coefficient (Wildman–Crippen LogP) is 2.76. The molecule has 110 valence electrons. The van der Waals surface area contributed by atoms with E-state index in [9.17, 15) is 4.79 Å². The first kappa shape index (κ1) is 13.7. The lowest BCUT2D eigenvalue weighted by Crippen LogP contribution is -2.25. The van der Waals surface area contributed by atoms with E-state index in [-0.39, 0.29) is 5.91 Å². The Balaban J connectivity index is 1.74. The average molecular weight is 284 g/mol. The van der Waals surface area contributed by atoms with E-state index >= 15 is 0 Å². The van der Waals surface area contributed by atoms with E-state index in [1.807, 2.05) is 36.5 Å². The molecule has 4 nitrogen and oxygen atoms in total. The van der Waals surface area contributed by atoms with Crippen LogP contribution in [0.25, 0.3) is 0 Å². The molecular weight excluding hydrogens is 264 g/mol. The number of rotatable bonds is 4. The molecule has 0 fully saturated rings. The number of hydrogen-bond donors (Lipinski definition) is 1. The highest BCUT2D eigenvalue weighted by molar-refractivity contribution is 5.97. The third-order valence-electron chi connectivity index (χ3n) is 3.87. The molecule has 0 saturated heterocycles. The molecule has 1 N–H and O–H groups in total. The molecule has 0 radical (unpaired) electrons. The number of carbonyl (C=O) groups excluding carboxylic acids is 1. The summed E-state index contributed by atoms with van der Waals surface area (Å²) in [5, 5.41) is 2.99. The number of hydrogen-bond acceptors (Lipinski definition) is 2. The van der Waals surface area contributed by atoms with Gasteiger partial charge in [-0.05, 0) is 43.5 Å². The van der Waals surface area contributed by atoms with Crippen molar-refractivity contribution in [1.29, 1.82) is 0 Å². The Morgan fingerprint density at radius 2 is 2.24 bits per heavy atom. The second-order valence-electron chi connectivity index (χ2n) is 5.21. The SMILES string of the molecule is CCn1cccc1CNC(=O)c1cccc2c1OCCC2. The maximum absolute atomic E-state index is 12.4. The number of aromatic nitrogens is 1. The summed E-state index contributed by atoms with van der Waals surface area (Å²) in [6.45, 7) is 4.22. The van der Waals surface area contributed by atoms with Gasteiger partial charge in [-0.2, -0.15) is 0 Å². The third kappa shape index (κ3) is 2.79. The highest BCUT2D eigenvalue weighted by atomic mass is 16.5. The minimum atomic E-state index is -0.0717. The topological polar surface area (TPSA) is 43.3 Å². The summed E-state index contributed by atoms with van der Waals surface area (Å²) in [7, 11) is 0. The summed E-state index contributed by atoms with van der Waals surface area (Å²) in [6, 6.07) is 9.82. The molecule has 1 aromatic heterocycles. The zero-order chi connectivity index (χ0) is 14.7. The van der Waals surface area contributed by atoms with Crippen LogP contribution >= 0.6 is 0 Å². The molecule has 2 aromatic rings. The van der Waals surface area contributed by atoms with E-state index in [2.05, 4.69) is 16.8 Å². The van der Waals surface area contributed by atoms with Crippen molar-refractivity contribution in [3.8, 4) is 5.75 Å². The molecule has 1 aromatic carbocycles. The van der Waals surface area contributed by atoms with Crippen molar-refractivity contribution < 1.29 is 9.53 Å². The third-order valence-corrected chi connectivity index (χ3v) is 3.87. The summed E-state index contributed by atoms with van der Waals surface area (Å²) < 4.78 is 7.81. The quantitative estimate of drug-likeness (QED) is 0.938. The number of para-hydroxylation sites is 1. The predicted molar refractivity (Wildman–Crippen MR) is 81.5 cm³/mol. The Morgan fingerprint density at radius 3 is 3.10 bits per heavy atom.